The Kier molecular flexibility index (Phi) is 6.43. The van der Waals surface area contributed by atoms with E-state index in [2.05, 4.69) is 5.16 Å². The molecule has 6 nitrogen and oxygen atoms in total. The van der Waals surface area contributed by atoms with Crippen molar-refractivity contribution >= 4 is 6.09 Å². The van der Waals surface area contributed by atoms with Gasteiger partial charge in [0.25, 0.3) is 5.88 Å². The summed E-state index contributed by atoms with van der Waals surface area (Å²) in [5, 5.41) is 4.26. The smallest absolute Gasteiger partial charge is 0.409 e. The van der Waals surface area contributed by atoms with Crippen LogP contribution in [0.25, 0.3) is 0 Å². The summed E-state index contributed by atoms with van der Waals surface area (Å²) in [6, 6.07) is 0. The molecule has 0 bridgehead atoms. The van der Waals surface area contributed by atoms with Gasteiger partial charge in [-0.1, -0.05) is 32.1 Å². The number of likely N-dealkylation sites (tertiary alicyclic amines) is 1. The molecule has 1 aromatic rings. The van der Waals surface area contributed by atoms with E-state index < -0.39 is 0 Å². The molecule has 1 aliphatic heterocycles. The summed E-state index contributed by atoms with van der Waals surface area (Å²) >= 11 is 0. The molecule has 2 aliphatic rings. The van der Waals surface area contributed by atoms with Gasteiger partial charge in [0.15, 0.2) is 0 Å². The van der Waals surface area contributed by atoms with Crippen LogP contribution in [-0.4, -0.2) is 42.5 Å². The second-order valence-electron chi connectivity index (χ2n) is 7.94. The number of amides is 1. The maximum Gasteiger partial charge on any atom is 0.409 e. The van der Waals surface area contributed by atoms with Crippen molar-refractivity contribution in [3.63, 3.8) is 0 Å². The number of nitrogens with zero attached hydrogens (tertiary/aromatic N) is 2. The highest BCUT2D eigenvalue weighted by Crippen LogP contribution is 2.38. The first-order valence-corrected chi connectivity index (χ1v) is 10.1. The first kappa shape index (κ1) is 19.1. The van der Waals surface area contributed by atoms with E-state index in [9.17, 15) is 4.79 Å². The third-order valence-corrected chi connectivity index (χ3v) is 5.65. The number of aromatic nitrogens is 1. The molecule has 1 aliphatic carbocycles. The molecule has 0 unspecified atom stereocenters. The molecule has 1 amide bonds. The number of piperidine rings is 1. The molecule has 26 heavy (non-hydrogen) atoms. The van der Waals surface area contributed by atoms with Crippen LogP contribution in [0.2, 0.25) is 0 Å². The topological polar surface area (TPSA) is 64.8 Å². The van der Waals surface area contributed by atoms with Crippen LogP contribution >= 0.6 is 0 Å². The lowest BCUT2D eigenvalue weighted by Gasteiger charge is -2.30. The summed E-state index contributed by atoms with van der Waals surface area (Å²) < 4.78 is 16.6. The van der Waals surface area contributed by atoms with Gasteiger partial charge >= 0.3 is 6.09 Å². The Labute approximate surface area is 156 Å². The molecule has 0 atom stereocenters. The van der Waals surface area contributed by atoms with Crippen LogP contribution in [0, 0.1) is 5.92 Å². The van der Waals surface area contributed by atoms with Gasteiger partial charge in [0.1, 0.15) is 5.76 Å². The minimum absolute atomic E-state index is 0.0826. The molecule has 0 radical (unpaired) electrons. The van der Waals surface area contributed by atoms with Crippen molar-refractivity contribution in [2.45, 2.75) is 77.2 Å². The number of methoxy groups -OCH3 is 1. The number of carbonyl (C=O) groups excluding carboxylic acids is 1. The summed E-state index contributed by atoms with van der Waals surface area (Å²) in [6.07, 6.45) is 9.16. The van der Waals surface area contributed by atoms with Crippen LogP contribution in [0.15, 0.2) is 4.52 Å². The average Bonchev–Trinajstić information content (AvgIpc) is 3.03. The maximum absolute atomic E-state index is 11.7. The zero-order valence-electron chi connectivity index (χ0n) is 16.3. The lowest BCUT2D eigenvalue weighted by atomic mass is 9.83. The van der Waals surface area contributed by atoms with E-state index in [1.54, 1.807) is 4.90 Å². The summed E-state index contributed by atoms with van der Waals surface area (Å²) in [6.45, 7) is 5.43. The number of rotatable bonds is 5. The van der Waals surface area contributed by atoms with Gasteiger partial charge in [-0.3, -0.25) is 0 Å². The SMILES string of the molecule is COC(=O)N1CCC(c2onc(OC(C)C)c2CC2CCCCC2)CC1. The van der Waals surface area contributed by atoms with Crippen LogP contribution in [0.1, 0.15) is 76.0 Å². The van der Waals surface area contributed by atoms with Gasteiger partial charge in [0, 0.05) is 19.0 Å². The van der Waals surface area contributed by atoms with Gasteiger partial charge in [0.2, 0.25) is 0 Å². The Hall–Kier alpha value is -1.72. The molecule has 0 spiro atoms. The van der Waals surface area contributed by atoms with Crippen molar-refractivity contribution in [1.82, 2.24) is 10.1 Å². The number of hydrogen-bond acceptors (Lipinski definition) is 5. The summed E-state index contributed by atoms with van der Waals surface area (Å²) in [4.78, 5) is 13.5. The molecule has 0 aromatic carbocycles. The Morgan fingerprint density at radius 2 is 1.88 bits per heavy atom. The Bertz CT molecular complexity index is 585. The molecule has 6 heteroatoms. The summed E-state index contributed by atoms with van der Waals surface area (Å²) in [7, 11) is 1.43. The monoisotopic (exact) mass is 364 g/mol. The van der Waals surface area contributed by atoms with Crippen molar-refractivity contribution < 1.29 is 18.8 Å². The van der Waals surface area contributed by atoms with E-state index in [1.807, 2.05) is 13.8 Å². The molecule has 2 heterocycles. The predicted molar refractivity (Wildman–Crippen MR) is 98.5 cm³/mol. The first-order valence-electron chi connectivity index (χ1n) is 10.1. The molecule has 3 rings (SSSR count). The van der Waals surface area contributed by atoms with E-state index in [0.29, 0.717) is 30.8 Å². The fourth-order valence-electron chi connectivity index (χ4n) is 4.26. The fourth-order valence-corrected chi connectivity index (χ4v) is 4.26. The lowest BCUT2D eigenvalue weighted by molar-refractivity contribution is 0.110. The lowest BCUT2D eigenvalue weighted by Crippen LogP contribution is -2.37. The van der Waals surface area contributed by atoms with Gasteiger partial charge < -0.3 is 18.9 Å². The van der Waals surface area contributed by atoms with Crippen LogP contribution in [0.5, 0.6) is 5.88 Å². The summed E-state index contributed by atoms with van der Waals surface area (Å²) in [5.74, 6) is 2.66. The molecule has 1 saturated carbocycles. The van der Waals surface area contributed by atoms with Gasteiger partial charge in [-0.05, 0) is 44.2 Å². The average molecular weight is 364 g/mol. The minimum Gasteiger partial charge on any atom is -0.473 e. The quantitative estimate of drug-likeness (QED) is 0.768. The molecule has 0 N–H and O–H groups in total. The van der Waals surface area contributed by atoms with Crippen molar-refractivity contribution in [2.24, 2.45) is 5.92 Å². The van der Waals surface area contributed by atoms with Gasteiger partial charge in [-0.2, -0.15) is 0 Å². The minimum atomic E-state index is -0.243. The third kappa shape index (κ3) is 4.51. The Morgan fingerprint density at radius 3 is 2.50 bits per heavy atom. The molecule has 2 fully saturated rings. The third-order valence-electron chi connectivity index (χ3n) is 5.65. The van der Waals surface area contributed by atoms with Crippen molar-refractivity contribution in [2.75, 3.05) is 20.2 Å². The van der Waals surface area contributed by atoms with Gasteiger partial charge in [-0.15, -0.1) is 0 Å². The van der Waals surface area contributed by atoms with E-state index >= 15 is 0 Å². The van der Waals surface area contributed by atoms with Crippen molar-refractivity contribution in [3.8, 4) is 5.88 Å². The van der Waals surface area contributed by atoms with Crippen molar-refractivity contribution in [1.29, 1.82) is 0 Å². The van der Waals surface area contributed by atoms with E-state index in [-0.39, 0.29) is 12.2 Å². The highest BCUT2D eigenvalue weighted by atomic mass is 16.5. The summed E-state index contributed by atoms with van der Waals surface area (Å²) in [5.41, 5.74) is 1.17. The highest BCUT2D eigenvalue weighted by molar-refractivity contribution is 5.67. The normalized spacial score (nSPS) is 19.8. The zero-order valence-corrected chi connectivity index (χ0v) is 16.3. The first-order chi connectivity index (χ1) is 12.6. The standard InChI is InChI=1S/C20H32N2O4/c1-14(2)25-19-17(13-15-7-5-4-6-8-15)18(26-21-19)16-9-11-22(12-10-16)20(23)24-3/h14-16H,4-13H2,1-3H3. The molecule has 1 aromatic heterocycles. The molecular weight excluding hydrogens is 332 g/mol. The van der Waals surface area contributed by atoms with E-state index in [0.717, 1.165) is 25.0 Å². The maximum atomic E-state index is 11.7. The second kappa shape index (κ2) is 8.78. The van der Waals surface area contributed by atoms with Crippen LogP contribution in [0.3, 0.4) is 0 Å². The number of ether oxygens (including phenoxy) is 2. The van der Waals surface area contributed by atoms with E-state index in [4.69, 9.17) is 14.0 Å². The van der Waals surface area contributed by atoms with Crippen molar-refractivity contribution in [3.05, 3.63) is 11.3 Å². The fraction of sp³-hybridized carbons (Fsp3) is 0.800. The molecular formula is C20H32N2O4. The van der Waals surface area contributed by atoms with Crippen LogP contribution in [-0.2, 0) is 11.2 Å². The van der Waals surface area contributed by atoms with Crippen LogP contribution < -0.4 is 4.74 Å². The Balaban J connectivity index is 1.73. The largest absolute Gasteiger partial charge is 0.473 e. The van der Waals surface area contributed by atoms with Gasteiger partial charge in [0.05, 0.1) is 18.8 Å². The second-order valence-corrected chi connectivity index (χ2v) is 7.94. The Morgan fingerprint density at radius 1 is 1.19 bits per heavy atom. The van der Waals surface area contributed by atoms with Gasteiger partial charge in [-0.25, -0.2) is 4.79 Å². The molecule has 1 saturated heterocycles. The molecule has 146 valence electrons. The number of carbonyl (C=O) groups is 1. The van der Waals surface area contributed by atoms with E-state index in [1.165, 1.54) is 44.8 Å². The number of hydrogen-bond donors (Lipinski definition) is 0. The van der Waals surface area contributed by atoms with Crippen LogP contribution in [0.4, 0.5) is 4.79 Å². The highest BCUT2D eigenvalue weighted by Gasteiger charge is 2.32. The predicted octanol–water partition coefficient (Wildman–Crippen LogP) is 4.53. The zero-order chi connectivity index (χ0) is 18.5.